The van der Waals surface area contributed by atoms with Crippen LogP contribution in [-0.2, 0) is 32.5 Å². The van der Waals surface area contributed by atoms with Gasteiger partial charge in [-0.2, -0.15) is 0 Å². The van der Waals surface area contributed by atoms with Crippen molar-refractivity contribution >= 4 is 89.5 Å². The average molecular weight is 1060 g/mol. The molecule has 0 radical (unpaired) electrons. The van der Waals surface area contributed by atoms with Gasteiger partial charge in [-0.3, -0.25) is 19.2 Å². The van der Waals surface area contributed by atoms with Gasteiger partial charge in [0.05, 0.1) is 22.7 Å². The summed E-state index contributed by atoms with van der Waals surface area (Å²) in [4.78, 5) is 64.4. The van der Waals surface area contributed by atoms with Gasteiger partial charge in [0.25, 0.3) is 23.6 Å². The van der Waals surface area contributed by atoms with Crippen LogP contribution in [-0.4, -0.2) is 23.6 Å². The molecule has 0 aromatic heterocycles. The Labute approximate surface area is 467 Å². The maximum atomic E-state index is 15.5. The number of nitrogens with two attached hydrogens (primary N) is 2. The molecule has 0 atom stereocenters. The van der Waals surface area contributed by atoms with Crippen LogP contribution >= 0.6 is 0 Å². The lowest BCUT2D eigenvalue weighted by Crippen LogP contribution is -2.41. The quantitative estimate of drug-likeness (QED) is 0.0753. The molecule has 13 rings (SSSR count). The zero-order valence-electron chi connectivity index (χ0n) is 48.7. The van der Waals surface area contributed by atoms with Crippen LogP contribution in [0.15, 0.2) is 97.1 Å². The summed E-state index contributed by atoms with van der Waals surface area (Å²) in [5.41, 5.74) is 22.2. The van der Waals surface area contributed by atoms with Gasteiger partial charge in [0.1, 0.15) is 0 Å². The summed E-state index contributed by atoms with van der Waals surface area (Å²) < 4.78 is 13.8. The number of amides is 4. The Morgan fingerprint density at radius 1 is 0.350 bits per heavy atom. The summed E-state index contributed by atoms with van der Waals surface area (Å²) in [5.74, 6) is -0.0152. The van der Waals surface area contributed by atoms with Crippen LogP contribution in [0.3, 0.4) is 0 Å². The molecule has 4 N–H and O–H groups in total. The summed E-state index contributed by atoms with van der Waals surface area (Å²) in [6, 6.07) is 31.4. The highest BCUT2D eigenvalue weighted by Crippen LogP contribution is 2.59. The monoisotopic (exact) mass is 1060 g/mol. The molecule has 4 aliphatic rings. The second-order valence-electron chi connectivity index (χ2n) is 28.1. The third-order valence-corrected chi connectivity index (χ3v) is 18.1. The normalized spacial score (nSPS) is 16.6. The first-order chi connectivity index (χ1) is 37.2. The molecule has 9 aromatic carbocycles. The van der Waals surface area contributed by atoms with Crippen molar-refractivity contribution in [1.29, 1.82) is 0 Å². The topological polar surface area (TPSA) is 145 Å². The van der Waals surface area contributed by atoms with Gasteiger partial charge in [-0.25, -0.2) is 9.80 Å². The highest BCUT2D eigenvalue weighted by Gasteiger charge is 2.46. The largest absolute Gasteiger partial charge is 0.452 e. The molecule has 0 unspecified atom stereocenters. The van der Waals surface area contributed by atoms with Crippen molar-refractivity contribution in [3.8, 4) is 23.0 Å². The van der Waals surface area contributed by atoms with Crippen molar-refractivity contribution in [3.05, 3.63) is 164 Å². The summed E-state index contributed by atoms with van der Waals surface area (Å²) >= 11 is 0. The van der Waals surface area contributed by atoms with E-state index in [0.29, 0.717) is 78.8 Å². The molecule has 10 nitrogen and oxygen atoms in total. The molecule has 9 aromatic rings. The SMILES string of the molecule is CC(C)(C)c1cc(N)c2c(c1)C(C)(C)c1cc(C(C)(C)C)cc(N3C(=O)c4ccc5c6ccc7c8c(ccc(c9ccc(c4c59)C3=O)c86)C(=O)N(c3cc(C(C)(C)C)cc4c3Oc3c(N)cc(C(C)(C)C)cc3C4(C)C)C7=O)c1O2. The molecule has 0 saturated carbocycles. The van der Waals surface area contributed by atoms with E-state index in [2.05, 4.69) is 135 Å². The van der Waals surface area contributed by atoms with E-state index in [1.807, 2.05) is 48.5 Å². The summed E-state index contributed by atoms with van der Waals surface area (Å²) in [7, 11) is 0. The number of carbonyl (C=O) groups excluding carboxylic acids is 4. The summed E-state index contributed by atoms with van der Waals surface area (Å²) in [5, 5.41) is 5.79. The third kappa shape index (κ3) is 6.83. The molecule has 10 heteroatoms. The highest BCUT2D eigenvalue weighted by molar-refractivity contribution is 6.45. The number of ether oxygens (including phenoxy) is 2. The van der Waals surface area contributed by atoms with Crippen LogP contribution in [0.1, 0.15) is 197 Å². The minimum Gasteiger partial charge on any atom is -0.452 e. The molecule has 4 aliphatic heterocycles. The molecule has 4 amide bonds. The number of fused-ring (bicyclic) bond motifs is 6. The number of imide groups is 2. The summed E-state index contributed by atoms with van der Waals surface area (Å²) in [6.45, 7) is 34.3. The lowest BCUT2D eigenvalue weighted by Gasteiger charge is -2.40. The van der Waals surface area contributed by atoms with E-state index in [9.17, 15) is 0 Å². The van der Waals surface area contributed by atoms with Crippen LogP contribution in [0, 0.1) is 0 Å². The molecule has 0 saturated heterocycles. The number of rotatable bonds is 2. The third-order valence-electron chi connectivity index (χ3n) is 18.1. The Morgan fingerprint density at radius 2 is 0.600 bits per heavy atom. The fraction of sp³-hybridized carbons (Fsp3) is 0.314. The number of anilines is 4. The number of benzene rings is 9. The van der Waals surface area contributed by atoms with Crippen molar-refractivity contribution in [1.82, 2.24) is 0 Å². The molecule has 0 spiro atoms. The van der Waals surface area contributed by atoms with Gasteiger partial charge in [-0.15, -0.1) is 0 Å². The molecule has 0 aliphatic carbocycles. The Kier molecular flexibility index (Phi) is 10.1. The molecule has 4 heterocycles. The van der Waals surface area contributed by atoms with E-state index in [1.54, 1.807) is 24.3 Å². The van der Waals surface area contributed by atoms with Crippen LogP contribution in [0.2, 0.25) is 0 Å². The van der Waals surface area contributed by atoms with Crippen LogP contribution in [0.4, 0.5) is 22.7 Å². The van der Waals surface area contributed by atoms with Crippen molar-refractivity contribution in [3.63, 3.8) is 0 Å². The van der Waals surface area contributed by atoms with E-state index in [-0.39, 0.29) is 21.7 Å². The first kappa shape index (κ1) is 51.2. The Bertz CT molecular complexity index is 3990. The minimum absolute atomic E-state index is 0.176. The first-order valence-electron chi connectivity index (χ1n) is 27.8. The minimum atomic E-state index is -0.627. The second kappa shape index (κ2) is 15.8. The van der Waals surface area contributed by atoms with Gasteiger partial charge in [0, 0.05) is 66.1 Å². The van der Waals surface area contributed by atoms with Gasteiger partial charge in [0.2, 0.25) is 0 Å². The first-order valence-corrected chi connectivity index (χ1v) is 27.8. The Hall–Kier alpha value is -8.24. The lowest BCUT2D eigenvalue weighted by atomic mass is 9.71. The molecule has 0 fully saturated rings. The number of nitrogen functional groups attached to an aromatic ring is 2. The van der Waals surface area contributed by atoms with Crippen LogP contribution in [0.25, 0.3) is 43.1 Å². The van der Waals surface area contributed by atoms with Gasteiger partial charge >= 0.3 is 0 Å². The van der Waals surface area contributed by atoms with E-state index >= 15 is 19.2 Å². The van der Waals surface area contributed by atoms with Gasteiger partial charge in [-0.1, -0.05) is 159 Å². The van der Waals surface area contributed by atoms with Crippen LogP contribution in [0.5, 0.6) is 23.0 Å². The Balaban J connectivity index is 0.954. The fourth-order valence-electron chi connectivity index (χ4n) is 13.1. The predicted octanol–water partition coefficient (Wildman–Crippen LogP) is 16.6. The molecule has 80 heavy (non-hydrogen) atoms. The zero-order chi connectivity index (χ0) is 57.4. The predicted molar refractivity (Wildman–Crippen MR) is 324 cm³/mol. The van der Waals surface area contributed by atoms with E-state index in [1.165, 1.54) is 9.80 Å². The summed E-state index contributed by atoms with van der Waals surface area (Å²) in [6.07, 6.45) is 0. The Morgan fingerprint density at radius 3 is 0.863 bits per heavy atom. The number of nitrogens with zero attached hydrogens (tertiary/aromatic N) is 2. The van der Waals surface area contributed by atoms with Crippen molar-refractivity contribution in [2.24, 2.45) is 0 Å². The fourth-order valence-corrected chi connectivity index (χ4v) is 13.1. The lowest BCUT2D eigenvalue weighted by molar-refractivity contribution is 0.0877. The maximum absolute atomic E-state index is 15.5. The van der Waals surface area contributed by atoms with Crippen molar-refractivity contribution in [2.45, 2.75) is 143 Å². The number of hydrogen-bond donors (Lipinski definition) is 2. The smallest absolute Gasteiger partial charge is 0.266 e. The standard InChI is InChI=1S/C70H68N4O6/c1-65(2,3)33-25-45-57(49(71)29-33)79-59-47(69(45,13)14)27-35(67(7,8)9)31-51(59)73-61(75)41-21-17-37-39-19-23-43-56-44(24-20-40(54(39)56)38-18-22-42(62(73)76)55(41)53(37)38)64(78)74(63(43)77)52-32-36(68(10,11)12)28-48-60(52)80-58-46(70(48,15)16)26-34(30-50(58)72)66(4,5)6/h17-32H,71-72H2,1-16H3. The van der Waals surface area contributed by atoms with Gasteiger partial charge in [0.15, 0.2) is 23.0 Å². The number of hydrogen-bond acceptors (Lipinski definition) is 8. The average Bonchev–Trinajstić information content (AvgIpc) is 2.89. The number of carbonyl (C=O) groups is 4. The van der Waals surface area contributed by atoms with E-state index < -0.39 is 34.5 Å². The zero-order valence-corrected chi connectivity index (χ0v) is 48.7. The van der Waals surface area contributed by atoms with E-state index in [4.69, 9.17) is 20.9 Å². The second-order valence-corrected chi connectivity index (χ2v) is 28.1. The van der Waals surface area contributed by atoms with Crippen LogP contribution < -0.4 is 30.7 Å². The van der Waals surface area contributed by atoms with Gasteiger partial charge < -0.3 is 20.9 Å². The van der Waals surface area contributed by atoms with Crippen molar-refractivity contribution in [2.75, 3.05) is 21.3 Å². The van der Waals surface area contributed by atoms with Crippen molar-refractivity contribution < 1.29 is 28.7 Å². The van der Waals surface area contributed by atoms with E-state index in [0.717, 1.165) is 76.8 Å². The molecule has 0 bridgehead atoms. The molecular weight excluding hydrogens is 993 g/mol. The highest BCUT2D eigenvalue weighted by atomic mass is 16.5. The maximum Gasteiger partial charge on any atom is 0.266 e. The molecule has 404 valence electrons. The molecular formula is C70H68N4O6. The van der Waals surface area contributed by atoms with Gasteiger partial charge in [-0.05, 0) is 125 Å².